The second kappa shape index (κ2) is 2.57. The quantitative estimate of drug-likeness (QED) is 0.599. The average molecular weight is 200 g/mol. The molecule has 2 bridgehead atoms. The maximum atomic E-state index is 5.61. The molecule has 0 saturated heterocycles. The van der Waals surface area contributed by atoms with Crippen molar-refractivity contribution in [3.05, 3.63) is 35.4 Å². The molecule has 0 aromatic heterocycles. The van der Waals surface area contributed by atoms with Crippen molar-refractivity contribution < 1.29 is 9.47 Å². The lowest BCUT2D eigenvalue weighted by atomic mass is 9.96. The summed E-state index contributed by atoms with van der Waals surface area (Å²) in [6.07, 6.45) is 5.89. The summed E-state index contributed by atoms with van der Waals surface area (Å²) in [4.78, 5) is 0. The number of fused-ring (bicyclic) bond motifs is 6. The third kappa shape index (κ3) is 0.942. The van der Waals surface area contributed by atoms with Crippen molar-refractivity contribution in [3.63, 3.8) is 0 Å². The highest BCUT2D eigenvalue weighted by Gasteiger charge is 2.34. The predicted molar refractivity (Wildman–Crippen MR) is 56.7 cm³/mol. The monoisotopic (exact) mass is 200 g/mol. The van der Waals surface area contributed by atoms with Crippen LogP contribution >= 0.6 is 0 Å². The molecular weight excluding hydrogens is 188 g/mol. The van der Waals surface area contributed by atoms with Gasteiger partial charge in [0.25, 0.3) is 0 Å². The largest absolute Gasteiger partial charge is 0.486 e. The first-order chi connectivity index (χ1) is 7.42. The van der Waals surface area contributed by atoms with Crippen molar-refractivity contribution in [2.45, 2.75) is 18.3 Å². The van der Waals surface area contributed by atoms with Crippen LogP contribution in [0.3, 0.4) is 0 Å². The van der Waals surface area contributed by atoms with Gasteiger partial charge in [0.1, 0.15) is 13.2 Å². The maximum absolute atomic E-state index is 5.61. The van der Waals surface area contributed by atoms with Crippen LogP contribution in [-0.4, -0.2) is 13.2 Å². The molecule has 2 nitrogen and oxygen atoms in total. The van der Waals surface area contributed by atoms with Crippen LogP contribution in [0.15, 0.2) is 24.3 Å². The summed E-state index contributed by atoms with van der Waals surface area (Å²) in [5, 5.41) is 0. The van der Waals surface area contributed by atoms with E-state index in [9.17, 15) is 0 Å². The van der Waals surface area contributed by atoms with Crippen LogP contribution in [0.1, 0.15) is 29.4 Å². The molecule has 0 fully saturated rings. The molecule has 1 aromatic rings. The van der Waals surface area contributed by atoms with E-state index in [1.165, 1.54) is 17.5 Å². The van der Waals surface area contributed by atoms with Crippen LogP contribution in [0.5, 0.6) is 11.5 Å². The molecule has 15 heavy (non-hydrogen) atoms. The predicted octanol–water partition coefficient (Wildman–Crippen LogP) is 2.60. The number of rotatable bonds is 0. The highest BCUT2D eigenvalue weighted by atomic mass is 16.6. The van der Waals surface area contributed by atoms with Gasteiger partial charge < -0.3 is 9.47 Å². The van der Waals surface area contributed by atoms with Crippen molar-refractivity contribution in [1.82, 2.24) is 0 Å². The maximum Gasteiger partial charge on any atom is 0.161 e. The SMILES string of the molecule is C1=CC2CC1c1cc3c(cc12)OCCO3. The number of ether oxygens (including phenoxy) is 2. The lowest BCUT2D eigenvalue weighted by molar-refractivity contribution is 0.171. The van der Waals surface area contributed by atoms with Crippen LogP contribution in [-0.2, 0) is 0 Å². The first-order valence-corrected chi connectivity index (χ1v) is 5.53. The molecule has 1 aromatic carbocycles. The summed E-state index contributed by atoms with van der Waals surface area (Å²) >= 11 is 0. The zero-order chi connectivity index (χ0) is 9.83. The van der Waals surface area contributed by atoms with Gasteiger partial charge in [-0.3, -0.25) is 0 Å². The summed E-state index contributed by atoms with van der Waals surface area (Å²) in [6.45, 7) is 1.35. The second-order valence-electron chi connectivity index (χ2n) is 4.46. The van der Waals surface area contributed by atoms with E-state index < -0.39 is 0 Å². The summed E-state index contributed by atoms with van der Waals surface area (Å²) in [5.41, 5.74) is 2.90. The van der Waals surface area contributed by atoms with Crippen molar-refractivity contribution in [2.75, 3.05) is 13.2 Å². The molecular formula is C13H12O2. The van der Waals surface area contributed by atoms with Gasteiger partial charge in [-0.05, 0) is 29.7 Å². The highest BCUT2D eigenvalue weighted by Crippen LogP contribution is 2.51. The van der Waals surface area contributed by atoms with Crippen molar-refractivity contribution in [2.24, 2.45) is 0 Å². The number of allylic oxidation sites excluding steroid dienone is 2. The molecule has 2 heteroatoms. The van der Waals surface area contributed by atoms with Crippen LogP contribution in [0.25, 0.3) is 0 Å². The van der Waals surface area contributed by atoms with Gasteiger partial charge in [-0.25, -0.2) is 0 Å². The topological polar surface area (TPSA) is 18.5 Å². The van der Waals surface area contributed by atoms with Gasteiger partial charge in [-0.15, -0.1) is 0 Å². The fourth-order valence-corrected chi connectivity index (χ4v) is 2.92. The smallest absolute Gasteiger partial charge is 0.161 e. The molecule has 1 heterocycles. The zero-order valence-corrected chi connectivity index (χ0v) is 8.40. The van der Waals surface area contributed by atoms with Gasteiger partial charge in [0.2, 0.25) is 0 Å². The lowest BCUT2D eigenvalue weighted by Crippen LogP contribution is -2.16. The van der Waals surface area contributed by atoms with Gasteiger partial charge in [0, 0.05) is 11.8 Å². The zero-order valence-electron chi connectivity index (χ0n) is 8.40. The second-order valence-corrected chi connectivity index (χ2v) is 4.46. The minimum Gasteiger partial charge on any atom is -0.486 e. The van der Waals surface area contributed by atoms with Crippen molar-refractivity contribution in [1.29, 1.82) is 0 Å². The van der Waals surface area contributed by atoms with E-state index >= 15 is 0 Å². The van der Waals surface area contributed by atoms with E-state index in [1.807, 2.05) is 0 Å². The van der Waals surface area contributed by atoms with Crippen LogP contribution in [0, 0.1) is 0 Å². The van der Waals surface area contributed by atoms with Gasteiger partial charge in [0.15, 0.2) is 11.5 Å². The van der Waals surface area contributed by atoms with Gasteiger partial charge >= 0.3 is 0 Å². The first kappa shape index (κ1) is 7.80. The van der Waals surface area contributed by atoms with Gasteiger partial charge in [0.05, 0.1) is 0 Å². The summed E-state index contributed by atoms with van der Waals surface area (Å²) < 4.78 is 11.2. The Balaban J connectivity index is 1.91. The van der Waals surface area contributed by atoms with E-state index in [-0.39, 0.29) is 0 Å². The Bertz CT molecular complexity index is 421. The normalized spacial score (nSPS) is 29.3. The van der Waals surface area contributed by atoms with E-state index in [0.717, 1.165) is 11.5 Å². The molecule has 76 valence electrons. The first-order valence-electron chi connectivity index (χ1n) is 5.53. The van der Waals surface area contributed by atoms with Gasteiger partial charge in [-0.1, -0.05) is 12.2 Å². The highest BCUT2D eigenvalue weighted by molar-refractivity contribution is 5.56. The Morgan fingerprint density at radius 2 is 1.40 bits per heavy atom. The molecule has 3 aliphatic rings. The lowest BCUT2D eigenvalue weighted by Gasteiger charge is -2.21. The molecule has 2 unspecified atom stereocenters. The molecule has 0 spiro atoms. The van der Waals surface area contributed by atoms with Crippen LogP contribution in [0.4, 0.5) is 0 Å². The molecule has 1 aliphatic heterocycles. The van der Waals surface area contributed by atoms with E-state index in [4.69, 9.17) is 9.47 Å². The standard InChI is InChI=1S/C13H12O2/c1-2-9-5-8(1)10-6-12-13(7-11(9)10)15-4-3-14-12/h1-2,6-9H,3-5H2. The van der Waals surface area contributed by atoms with Crippen LogP contribution in [0.2, 0.25) is 0 Å². The molecule has 2 aliphatic carbocycles. The molecule has 0 amide bonds. The molecule has 0 N–H and O–H groups in total. The van der Waals surface area contributed by atoms with Crippen LogP contribution < -0.4 is 9.47 Å². The Kier molecular flexibility index (Phi) is 1.34. The van der Waals surface area contributed by atoms with E-state index in [0.29, 0.717) is 25.0 Å². The fourth-order valence-electron chi connectivity index (χ4n) is 2.92. The summed E-state index contributed by atoms with van der Waals surface area (Å²) in [6, 6.07) is 4.36. The Morgan fingerprint density at radius 1 is 0.867 bits per heavy atom. The molecule has 4 rings (SSSR count). The summed E-state index contributed by atoms with van der Waals surface area (Å²) in [7, 11) is 0. The molecule has 0 radical (unpaired) electrons. The third-order valence-electron chi connectivity index (χ3n) is 3.63. The molecule has 2 atom stereocenters. The van der Waals surface area contributed by atoms with E-state index in [2.05, 4.69) is 24.3 Å². The Hall–Kier alpha value is -1.44. The van der Waals surface area contributed by atoms with Crippen molar-refractivity contribution in [3.8, 4) is 11.5 Å². The molecule has 0 saturated carbocycles. The number of hydrogen-bond acceptors (Lipinski definition) is 2. The average Bonchev–Trinajstić information content (AvgIpc) is 2.87. The van der Waals surface area contributed by atoms with Gasteiger partial charge in [-0.2, -0.15) is 0 Å². The van der Waals surface area contributed by atoms with E-state index in [1.54, 1.807) is 0 Å². The minimum absolute atomic E-state index is 0.626. The Labute approximate surface area is 88.5 Å². The Morgan fingerprint density at radius 3 is 1.93 bits per heavy atom. The minimum atomic E-state index is 0.626. The number of hydrogen-bond donors (Lipinski definition) is 0. The van der Waals surface area contributed by atoms with Crippen molar-refractivity contribution >= 4 is 0 Å². The third-order valence-corrected chi connectivity index (χ3v) is 3.63. The number of benzene rings is 1. The summed E-state index contributed by atoms with van der Waals surface area (Å²) in [5.74, 6) is 3.11. The fraction of sp³-hybridized carbons (Fsp3) is 0.385.